The molecule has 17 heavy (non-hydrogen) atoms. The molecule has 94 valence electrons. The van der Waals surface area contributed by atoms with E-state index in [-0.39, 0.29) is 17.9 Å². The van der Waals surface area contributed by atoms with Crippen LogP contribution in [0.5, 0.6) is 0 Å². The minimum atomic E-state index is -0.142. The molecule has 0 aromatic heterocycles. The topological polar surface area (TPSA) is 29.3 Å². The Morgan fingerprint density at radius 1 is 1.41 bits per heavy atom. The molecule has 0 amide bonds. The van der Waals surface area contributed by atoms with Gasteiger partial charge in [-0.1, -0.05) is 12.1 Å². The number of hydrogen-bond donors (Lipinski definition) is 1. The molecule has 2 unspecified atom stereocenters. The predicted molar refractivity (Wildman–Crippen MR) is 68.3 cm³/mol. The van der Waals surface area contributed by atoms with E-state index in [4.69, 9.17) is 5.73 Å². The zero-order chi connectivity index (χ0) is 12.6. The third kappa shape index (κ3) is 2.35. The molecule has 1 fully saturated rings. The highest BCUT2D eigenvalue weighted by atomic mass is 19.1. The summed E-state index contributed by atoms with van der Waals surface area (Å²) in [7, 11) is 0. The predicted octanol–water partition coefficient (Wildman–Crippen LogP) is 2.62. The van der Waals surface area contributed by atoms with Crippen LogP contribution in [-0.2, 0) is 0 Å². The number of halogens is 1. The summed E-state index contributed by atoms with van der Waals surface area (Å²) in [6.07, 6.45) is 1.01. The van der Waals surface area contributed by atoms with Crippen LogP contribution in [0.3, 0.4) is 0 Å². The summed E-state index contributed by atoms with van der Waals surface area (Å²) in [6, 6.07) is 6.21. The minimum absolute atomic E-state index is 0.142. The monoisotopic (exact) mass is 236 g/mol. The molecule has 0 saturated carbocycles. The van der Waals surface area contributed by atoms with Crippen LogP contribution >= 0.6 is 0 Å². The van der Waals surface area contributed by atoms with Crippen LogP contribution in [0, 0.1) is 12.7 Å². The third-order valence-electron chi connectivity index (χ3n) is 3.67. The standard InChI is InChI=1S/C14H21FN2/c1-9(2)17-7-6-13(16)14(17)11-4-5-12(15)10(3)8-11/h4-5,8-9,13-14H,6-7,16H2,1-3H3. The van der Waals surface area contributed by atoms with E-state index < -0.39 is 0 Å². The molecule has 1 aromatic rings. The van der Waals surface area contributed by atoms with Gasteiger partial charge in [-0.05, 0) is 44.4 Å². The van der Waals surface area contributed by atoms with Crippen molar-refractivity contribution in [2.75, 3.05) is 6.54 Å². The average molecular weight is 236 g/mol. The van der Waals surface area contributed by atoms with E-state index in [1.807, 2.05) is 12.1 Å². The zero-order valence-corrected chi connectivity index (χ0v) is 10.8. The molecule has 1 aliphatic rings. The first kappa shape index (κ1) is 12.5. The molecule has 1 aromatic carbocycles. The van der Waals surface area contributed by atoms with Gasteiger partial charge in [-0.25, -0.2) is 4.39 Å². The second-order valence-corrected chi connectivity index (χ2v) is 5.24. The van der Waals surface area contributed by atoms with Crippen LogP contribution in [0.1, 0.15) is 37.4 Å². The van der Waals surface area contributed by atoms with E-state index in [0.29, 0.717) is 11.6 Å². The lowest BCUT2D eigenvalue weighted by molar-refractivity contribution is 0.198. The van der Waals surface area contributed by atoms with Gasteiger partial charge < -0.3 is 5.73 Å². The van der Waals surface area contributed by atoms with Gasteiger partial charge in [0.2, 0.25) is 0 Å². The van der Waals surface area contributed by atoms with Crippen LogP contribution in [0.25, 0.3) is 0 Å². The van der Waals surface area contributed by atoms with Gasteiger partial charge >= 0.3 is 0 Å². The number of nitrogens with two attached hydrogens (primary N) is 1. The summed E-state index contributed by atoms with van der Waals surface area (Å²) < 4.78 is 13.3. The fourth-order valence-electron chi connectivity index (χ4n) is 2.71. The lowest BCUT2D eigenvalue weighted by atomic mass is 9.98. The van der Waals surface area contributed by atoms with Gasteiger partial charge in [0.1, 0.15) is 5.82 Å². The van der Waals surface area contributed by atoms with Crippen LogP contribution in [0.15, 0.2) is 18.2 Å². The van der Waals surface area contributed by atoms with Crippen molar-refractivity contribution in [3.05, 3.63) is 35.1 Å². The van der Waals surface area contributed by atoms with Crippen molar-refractivity contribution in [3.8, 4) is 0 Å². The summed E-state index contributed by atoms with van der Waals surface area (Å²) in [4.78, 5) is 2.40. The first-order valence-corrected chi connectivity index (χ1v) is 6.28. The van der Waals surface area contributed by atoms with E-state index >= 15 is 0 Å². The Hall–Kier alpha value is -0.930. The molecule has 3 heteroatoms. The Morgan fingerprint density at radius 3 is 2.71 bits per heavy atom. The fourth-order valence-corrected chi connectivity index (χ4v) is 2.71. The van der Waals surface area contributed by atoms with Crippen LogP contribution in [0.2, 0.25) is 0 Å². The molecule has 1 saturated heterocycles. The highest BCUT2D eigenvalue weighted by Gasteiger charge is 2.34. The SMILES string of the molecule is Cc1cc(C2C(N)CCN2C(C)C)ccc1F. The Labute approximate surface area is 103 Å². The highest BCUT2D eigenvalue weighted by molar-refractivity contribution is 5.28. The van der Waals surface area contributed by atoms with Crippen molar-refractivity contribution >= 4 is 0 Å². The number of nitrogens with zero attached hydrogens (tertiary/aromatic N) is 1. The third-order valence-corrected chi connectivity index (χ3v) is 3.67. The van der Waals surface area contributed by atoms with Crippen molar-refractivity contribution in [3.63, 3.8) is 0 Å². The summed E-state index contributed by atoms with van der Waals surface area (Å²) in [5.74, 6) is -0.142. The molecule has 2 nitrogen and oxygen atoms in total. The smallest absolute Gasteiger partial charge is 0.126 e. The van der Waals surface area contributed by atoms with Gasteiger partial charge in [0, 0.05) is 18.6 Å². The van der Waals surface area contributed by atoms with Crippen molar-refractivity contribution < 1.29 is 4.39 Å². The highest BCUT2D eigenvalue weighted by Crippen LogP contribution is 2.33. The molecule has 0 radical (unpaired) electrons. The minimum Gasteiger partial charge on any atom is -0.326 e. The number of rotatable bonds is 2. The molecule has 2 rings (SSSR count). The first-order chi connectivity index (χ1) is 8.00. The van der Waals surface area contributed by atoms with Crippen molar-refractivity contribution in [2.45, 2.75) is 45.3 Å². The summed E-state index contributed by atoms with van der Waals surface area (Å²) in [5, 5.41) is 0. The maximum Gasteiger partial charge on any atom is 0.126 e. The van der Waals surface area contributed by atoms with Gasteiger partial charge in [0.15, 0.2) is 0 Å². The molecule has 2 N–H and O–H groups in total. The van der Waals surface area contributed by atoms with Crippen LogP contribution in [-0.4, -0.2) is 23.5 Å². The second kappa shape index (κ2) is 4.75. The molecule has 2 atom stereocenters. The van der Waals surface area contributed by atoms with Gasteiger partial charge in [0.05, 0.1) is 6.04 Å². The largest absolute Gasteiger partial charge is 0.326 e. The van der Waals surface area contributed by atoms with Crippen LogP contribution in [0.4, 0.5) is 4.39 Å². The molecular weight excluding hydrogens is 215 g/mol. The van der Waals surface area contributed by atoms with Crippen LogP contribution < -0.4 is 5.73 Å². The van der Waals surface area contributed by atoms with E-state index in [1.165, 1.54) is 0 Å². The number of benzene rings is 1. The quantitative estimate of drug-likeness (QED) is 0.855. The Morgan fingerprint density at radius 2 is 2.12 bits per heavy atom. The maximum atomic E-state index is 13.3. The van der Waals surface area contributed by atoms with Gasteiger partial charge in [-0.3, -0.25) is 4.90 Å². The Bertz CT molecular complexity index is 403. The number of hydrogen-bond acceptors (Lipinski definition) is 2. The van der Waals surface area contributed by atoms with Gasteiger partial charge in [0.25, 0.3) is 0 Å². The molecule has 0 aliphatic carbocycles. The fraction of sp³-hybridized carbons (Fsp3) is 0.571. The first-order valence-electron chi connectivity index (χ1n) is 6.28. The Kier molecular flexibility index (Phi) is 3.50. The zero-order valence-electron chi connectivity index (χ0n) is 10.8. The molecule has 1 aliphatic heterocycles. The Balaban J connectivity index is 2.33. The summed E-state index contributed by atoms with van der Waals surface area (Å²) in [5.41, 5.74) is 8.03. The van der Waals surface area contributed by atoms with Crippen molar-refractivity contribution in [1.82, 2.24) is 4.90 Å². The number of aryl methyl sites for hydroxylation is 1. The van der Waals surface area contributed by atoms with Crippen molar-refractivity contribution in [2.24, 2.45) is 5.73 Å². The molecule has 0 spiro atoms. The van der Waals surface area contributed by atoms with E-state index in [2.05, 4.69) is 18.7 Å². The molecular formula is C14H21FN2. The lowest BCUT2D eigenvalue weighted by Gasteiger charge is -2.30. The number of likely N-dealkylation sites (tertiary alicyclic amines) is 1. The van der Waals surface area contributed by atoms with E-state index in [1.54, 1.807) is 13.0 Å². The second-order valence-electron chi connectivity index (χ2n) is 5.24. The van der Waals surface area contributed by atoms with Gasteiger partial charge in [-0.15, -0.1) is 0 Å². The van der Waals surface area contributed by atoms with E-state index in [9.17, 15) is 4.39 Å². The summed E-state index contributed by atoms with van der Waals surface area (Å²) in [6.45, 7) is 7.20. The average Bonchev–Trinajstić information content (AvgIpc) is 2.64. The maximum absolute atomic E-state index is 13.3. The van der Waals surface area contributed by atoms with Gasteiger partial charge in [-0.2, -0.15) is 0 Å². The van der Waals surface area contributed by atoms with Crippen molar-refractivity contribution in [1.29, 1.82) is 0 Å². The van der Waals surface area contributed by atoms with E-state index in [0.717, 1.165) is 18.5 Å². The molecule has 1 heterocycles. The molecule has 0 bridgehead atoms. The lowest BCUT2D eigenvalue weighted by Crippen LogP contribution is -2.35. The summed E-state index contributed by atoms with van der Waals surface area (Å²) >= 11 is 0. The normalized spacial score (nSPS) is 25.8.